The molecule has 0 unspecified atom stereocenters. The molecular weight excluding hydrogens is 272 g/mol. The van der Waals surface area contributed by atoms with Crippen LogP contribution in [0, 0.1) is 0 Å². The van der Waals surface area contributed by atoms with Gasteiger partial charge >= 0.3 is 0 Å². The molecule has 22 heavy (non-hydrogen) atoms. The highest BCUT2D eigenvalue weighted by atomic mass is 16.1. The summed E-state index contributed by atoms with van der Waals surface area (Å²) in [5.41, 5.74) is 3.10. The number of amides is 1. The van der Waals surface area contributed by atoms with Gasteiger partial charge in [-0.1, -0.05) is 42.5 Å². The van der Waals surface area contributed by atoms with Crippen LogP contribution in [0.5, 0.6) is 0 Å². The van der Waals surface area contributed by atoms with Crippen LogP contribution in [0.15, 0.2) is 54.6 Å². The van der Waals surface area contributed by atoms with Crippen LogP contribution >= 0.6 is 0 Å². The first-order chi connectivity index (χ1) is 10.8. The van der Waals surface area contributed by atoms with Crippen LogP contribution in [0.4, 0.5) is 11.4 Å². The standard InChI is InChI=1S/C19H22N2O/c22-19(15-16-9-3-1-4-10-16)20-17-11-5-6-12-18(17)21-13-7-2-8-14-21/h1,3-6,9-12H,2,7-8,13-15H2,(H,20,22). The Hall–Kier alpha value is -2.29. The van der Waals surface area contributed by atoms with Gasteiger partial charge in [-0.2, -0.15) is 0 Å². The van der Waals surface area contributed by atoms with E-state index in [0.717, 1.165) is 30.0 Å². The molecule has 0 aliphatic carbocycles. The highest BCUT2D eigenvalue weighted by molar-refractivity contribution is 5.95. The van der Waals surface area contributed by atoms with Gasteiger partial charge < -0.3 is 10.2 Å². The first-order valence-electron chi connectivity index (χ1n) is 8.01. The van der Waals surface area contributed by atoms with Crippen molar-refractivity contribution in [1.29, 1.82) is 0 Å². The SMILES string of the molecule is O=C(Cc1ccccc1)Nc1ccccc1N1CCCCC1. The molecule has 1 N–H and O–H groups in total. The number of nitrogens with zero attached hydrogens (tertiary/aromatic N) is 1. The van der Waals surface area contributed by atoms with Crippen LogP contribution in [-0.2, 0) is 11.2 Å². The molecule has 1 saturated heterocycles. The average molecular weight is 294 g/mol. The molecule has 3 rings (SSSR count). The second-order valence-electron chi connectivity index (χ2n) is 5.78. The minimum atomic E-state index is 0.0376. The van der Waals surface area contributed by atoms with Gasteiger partial charge in [-0.3, -0.25) is 4.79 Å². The summed E-state index contributed by atoms with van der Waals surface area (Å²) in [6, 6.07) is 18.0. The van der Waals surface area contributed by atoms with Gasteiger partial charge in [-0.15, -0.1) is 0 Å². The second-order valence-corrected chi connectivity index (χ2v) is 5.78. The molecule has 0 saturated carbocycles. The Bertz CT molecular complexity index is 618. The quantitative estimate of drug-likeness (QED) is 0.928. The Labute approximate surface area is 132 Å². The first kappa shape index (κ1) is 14.6. The number of hydrogen-bond donors (Lipinski definition) is 1. The topological polar surface area (TPSA) is 32.3 Å². The number of nitrogens with one attached hydrogen (secondary N) is 1. The van der Waals surface area contributed by atoms with Crippen molar-refractivity contribution in [3.63, 3.8) is 0 Å². The van der Waals surface area contributed by atoms with Crippen molar-refractivity contribution in [3.05, 3.63) is 60.2 Å². The summed E-state index contributed by atoms with van der Waals surface area (Å²) in [6.45, 7) is 2.15. The number of rotatable bonds is 4. The van der Waals surface area contributed by atoms with E-state index in [2.05, 4.69) is 16.3 Å². The van der Waals surface area contributed by atoms with E-state index >= 15 is 0 Å². The molecule has 2 aromatic carbocycles. The van der Waals surface area contributed by atoms with Crippen molar-refractivity contribution in [2.75, 3.05) is 23.3 Å². The molecule has 0 bridgehead atoms. The summed E-state index contributed by atoms with van der Waals surface area (Å²) in [4.78, 5) is 14.7. The fourth-order valence-corrected chi connectivity index (χ4v) is 2.97. The molecule has 3 heteroatoms. The van der Waals surface area contributed by atoms with Crippen molar-refractivity contribution in [1.82, 2.24) is 0 Å². The zero-order valence-electron chi connectivity index (χ0n) is 12.8. The predicted molar refractivity (Wildman–Crippen MR) is 91.3 cm³/mol. The summed E-state index contributed by atoms with van der Waals surface area (Å²) in [5, 5.41) is 3.08. The number of carbonyl (C=O) groups is 1. The van der Waals surface area contributed by atoms with Crippen molar-refractivity contribution < 1.29 is 4.79 Å². The summed E-state index contributed by atoms with van der Waals surface area (Å²) in [7, 11) is 0. The molecule has 3 nitrogen and oxygen atoms in total. The van der Waals surface area contributed by atoms with Crippen LogP contribution in [0.2, 0.25) is 0 Å². The normalized spacial score (nSPS) is 14.6. The molecular formula is C19H22N2O. The third-order valence-corrected chi connectivity index (χ3v) is 4.08. The van der Waals surface area contributed by atoms with Crippen molar-refractivity contribution in [3.8, 4) is 0 Å². The molecule has 0 aromatic heterocycles. The number of benzene rings is 2. The number of para-hydroxylation sites is 2. The summed E-state index contributed by atoms with van der Waals surface area (Å²) >= 11 is 0. The maximum atomic E-state index is 12.3. The molecule has 1 aliphatic rings. The summed E-state index contributed by atoms with van der Waals surface area (Å²) in [5.74, 6) is 0.0376. The fraction of sp³-hybridized carbons (Fsp3) is 0.316. The Morgan fingerprint density at radius 1 is 0.909 bits per heavy atom. The number of hydrogen-bond acceptors (Lipinski definition) is 2. The molecule has 1 amide bonds. The van der Waals surface area contributed by atoms with Gasteiger partial charge in [0.2, 0.25) is 5.91 Å². The summed E-state index contributed by atoms with van der Waals surface area (Å²) in [6.07, 6.45) is 4.17. The molecule has 2 aromatic rings. The zero-order chi connectivity index (χ0) is 15.2. The Kier molecular flexibility index (Phi) is 4.74. The van der Waals surface area contributed by atoms with Gasteiger partial charge in [-0.25, -0.2) is 0 Å². The van der Waals surface area contributed by atoms with E-state index in [4.69, 9.17) is 0 Å². The van der Waals surface area contributed by atoms with E-state index in [1.54, 1.807) is 0 Å². The zero-order valence-corrected chi connectivity index (χ0v) is 12.8. The van der Waals surface area contributed by atoms with Gasteiger partial charge in [0, 0.05) is 13.1 Å². The highest BCUT2D eigenvalue weighted by Crippen LogP contribution is 2.28. The van der Waals surface area contributed by atoms with Gasteiger partial charge in [0.05, 0.1) is 17.8 Å². The van der Waals surface area contributed by atoms with Gasteiger partial charge in [0.1, 0.15) is 0 Å². The van der Waals surface area contributed by atoms with E-state index in [1.165, 1.54) is 19.3 Å². The van der Waals surface area contributed by atoms with Gasteiger partial charge in [0.25, 0.3) is 0 Å². The molecule has 1 aliphatic heterocycles. The lowest BCUT2D eigenvalue weighted by Crippen LogP contribution is -2.30. The minimum Gasteiger partial charge on any atom is -0.370 e. The van der Waals surface area contributed by atoms with E-state index in [-0.39, 0.29) is 5.91 Å². The Balaban J connectivity index is 1.70. The number of anilines is 2. The highest BCUT2D eigenvalue weighted by Gasteiger charge is 2.15. The van der Waals surface area contributed by atoms with E-state index in [9.17, 15) is 4.79 Å². The maximum Gasteiger partial charge on any atom is 0.228 e. The lowest BCUT2D eigenvalue weighted by Gasteiger charge is -2.30. The average Bonchev–Trinajstić information content (AvgIpc) is 2.57. The Morgan fingerprint density at radius 3 is 2.36 bits per heavy atom. The van der Waals surface area contributed by atoms with Crippen molar-refractivity contribution in [2.45, 2.75) is 25.7 Å². The largest absolute Gasteiger partial charge is 0.370 e. The van der Waals surface area contributed by atoms with Crippen LogP contribution < -0.4 is 10.2 Å². The minimum absolute atomic E-state index is 0.0376. The van der Waals surface area contributed by atoms with Crippen LogP contribution in [0.25, 0.3) is 0 Å². The second kappa shape index (κ2) is 7.12. The first-order valence-corrected chi connectivity index (χ1v) is 8.01. The monoisotopic (exact) mass is 294 g/mol. The van der Waals surface area contributed by atoms with Gasteiger partial charge in [-0.05, 0) is 37.0 Å². The smallest absolute Gasteiger partial charge is 0.228 e. The molecule has 1 heterocycles. The third-order valence-electron chi connectivity index (χ3n) is 4.08. The lowest BCUT2D eigenvalue weighted by atomic mass is 10.1. The number of piperidine rings is 1. The molecule has 114 valence electrons. The molecule has 0 spiro atoms. The molecule has 0 radical (unpaired) electrons. The number of carbonyl (C=O) groups excluding carboxylic acids is 1. The van der Waals surface area contributed by atoms with Crippen molar-refractivity contribution >= 4 is 17.3 Å². The van der Waals surface area contributed by atoms with Crippen LogP contribution in [-0.4, -0.2) is 19.0 Å². The predicted octanol–water partition coefficient (Wildman–Crippen LogP) is 3.86. The van der Waals surface area contributed by atoms with E-state index in [0.29, 0.717) is 6.42 Å². The van der Waals surface area contributed by atoms with Crippen LogP contribution in [0.3, 0.4) is 0 Å². The molecule has 0 atom stereocenters. The van der Waals surface area contributed by atoms with Gasteiger partial charge in [0.15, 0.2) is 0 Å². The lowest BCUT2D eigenvalue weighted by molar-refractivity contribution is -0.115. The third kappa shape index (κ3) is 3.67. The van der Waals surface area contributed by atoms with E-state index < -0.39 is 0 Å². The molecule has 1 fully saturated rings. The maximum absolute atomic E-state index is 12.3. The van der Waals surface area contributed by atoms with E-state index in [1.807, 2.05) is 48.5 Å². The Morgan fingerprint density at radius 2 is 1.59 bits per heavy atom. The fourth-order valence-electron chi connectivity index (χ4n) is 2.97. The van der Waals surface area contributed by atoms with Crippen molar-refractivity contribution in [2.24, 2.45) is 0 Å². The van der Waals surface area contributed by atoms with Crippen LogP contribution in [0.1, 0.15) is 24.8 Å². The summed E-state index contributed by atoms with van der Waals surface area (Å²) < 4.78 is 0.